The molecule has 1 aromatic heterocycles. The molecule has 0 saturated carbocycles. The molecule has 0 amide bonds. The third-order valence-electron chi connectivity index (χ3n) is 3.05. The Morgan fingerprint density at radius 3 is 2.94 bits per heavy atom. The van der Waals surface area contributed by atoms with Gasteiger partial charge in [0, 0.05) is 24.1 Å². The molecule has 5 heteroatoms. The van der Waals surface area contributed by atoms with Gasteiger partial charge in [-0.3, -0.25) is 9.36 Å². The van der Waals surface area contributed by atoms with Crippen molar-refractivity contribution in [2.45, 2.75) is 0 Å². The summed E-state index contributed by atoms with van der Waals surface area (Å²) in [6.45, 7) is 1.25. The molecule has 0 unspecified atom stereocenters. The lowest BCUT2D eigenvalue weighted by molar-refractivity contribution is 0.348. The van der Waals surface area contributed by atoms with E-state index in [0.717, 1.165) is 5.56 Å². The van der Waals surface area contributed by atoms with Crippen LogP contribution in [0.1, 0.15) is 5.56 Å². The van der Waals surface area contributed by atoms with Crippen LogP contribution in [0, 0.1) is 0 Å². The first-order chi connectivity index (χ1) is 8.66. The van der Waals surface area contributed by atoms with Gasteiger partial charge in [0.2, 0.25) is 11.8 Å². The molecule has 0 bridgehead atoms. The van der Waals surface area contributed by atoms with Gasteiger partial charge in [0.25, 0.3) is 5.56 Å². The summed E-state index contributed by atoms with van der Waals surface area (Å²) in [6, 6.07) is 6.90. The first kappa shape index (κ1) is 10.8. The van der Waals surface area contributed by atoms with Crippen molar-refractivity contribution in [1.82, 2.24) is 4.57 Å². The molecule has 92 valence electrons. The van der Waals surface area contributed by atoms with E-state index in [0.29, 0.717) is 29.8 Å². The molecule has 1 aliphatic rings. The highest BCUT2D eigenvalue weighted by Crippen LogP contribution is 2.23. The molecular formula is C13H12N2O3. The Labute approximate surface area is 103 Å². The van der Waals surface area contributed by atoms with E-state index in [-0.39, 0.29) is 11.4 Å². The number of ether oxygens (including phenoxy) is 1. The first-order valence-electron chi connectivity index (χ1n) is 5.67. The van der Waals surface area contributed by atoms with Gasteiger partial charge in [-0.1, -0.05) is 0 Å². The number of hydrogen-bond donors (Lipinski definition) is 1. The molecule has 0 atom stereocenters. The van der Waals surface area contributed by atoms with E-state index in [1.165, 1.54) is 17.7 Å². The minimum atomic E-state index is -0.244. The van der Waals surface area contributed by atoms with Crippen molar-refractivity contribution in [1.29, 1.82) is 0 Å². The Bertz CT molecular complexity index is 716. The Hall–Kier alpha value is -2.30. The molecule has 1 N–H and O–H groups in total. The van der Waals surface area contributed by atoms with E-state index in [1.807, 2.05) is 6.07 Å². The number of aliphatic imine (C=N–C) groups is 1. The fourth-order valence-electron chi connectivity index (χ4n) is 2.04. The molecule has 0 saturated heterocycles. The summed E-state index contributed by atoms with van der Waals surface area (Å²) in [7, 11) is 1.54. The molecule has 2 aromatic rings. The summed E-state index contributed by atoms with van der Waals surface area (Å²) < 4.78 is 6.59. The van der Waals surface area contributed by atoms with Crippen LogP contribution in [0.25, 0.3) is 10.8 Å². The van der Waals surface area contributed by atoms with Gasteiger partial charge in [-0.25, -0.2) is 4.99 Å². The van der Waals surface area contributed by atoms with Crippen LogP contribution in [0.3, 0.4) is 0 Å². The molecule has 3 rings (SSSR count). The normalized spacial score (nSPS) is 14.6. The van der Waals surface area contributed by atoms with E-state index in [2.05, 4.69) is 4.99 Å². The number of benzene rings is 1. The second-order valence-corrected chi connectivity index (χ2v) is 4.20. The quantitative estimate of drug-likeness (QED) is 0.814. The van der Waals surface area contributed by atoms with Crippen LogP contribution in [0.2, 0.25) is 0 Å². The molecule has 2 heterocycles. The SMILES string of the molecule is Cn1c(O)c2ccc(C3=NCCO3)cc2cc1=O. The number of fused-ring (bicyclic) bond motifs is 1. The van der Waals surface area contributed by atoms with Gasteiger partial charge in [0.05, 0.1) is 6.54 Å². The zero-order valence-corrected chi connectivity index (χ0v) is 9.88. The monoisotopic (exact) mass is 244 g/mol. The number of rotatable bonds is 1. The number of pyridine rings is 1. The van der Waals surface area contributed by atoms with E-state index >= 15 is 0 Å². The zero-order valence-electron chi connectivity index (χ0n) is 9.88. The van der Waals surface area contributed by atoms with Gasteiger partial charge in [-0.15, -0.1) is 0 Å². The van der Waals surface area contributed by atoms with Crippen molar-refractivity contribution < 1.29 is 9.84 Å². The van der Waals surface area contributed by atoms with Crippen LogP contribution in [0.5, 0.6) is 5.88 Å². The topological polar surface area (TPSA) is 63.8 Å². The largest absolute Gasteiger partial charge is 0.494 e. The minimum Gasteiger partial charge on any atom is -0.494 e. The highest BCUT2D eigenvalue weighted by Gasteiger charge is 2.12. The second-order valence-electron chi connectivity index (χ2n) is 4.20. The Morgan fingerprint density at radius 1 is 1.39 bits per heavy atom. The van der Waals surface area contributed by atoms with Crippen LogP contribution in [-0.2, 0) is 11.8 Å². The van der Waals surface area contributed by atoms with Crippen LogP contribution in [0.4, 0.5) is 0 Å². The summed E-state index contributed by atoms with van der Waals surface area (Å²) >= 11 is 0. The fraction of sp³-hybridized carbons (Fsp3) is 0.231. The summed E-state index contributed by atoms with van der Waals surface area (Å²) in [4.78, 5) is 15.9. The molecule has 18 heavy (non-hydrogen) atoms. The van der Waals surface area contributed by atoms with Gasteiger partial charge in [0.1, 0.15) is 6.61 Å². The predicted octanol–water partition coefficient (Wildman–Crippen LogP) is 1.02. The van der Waals surface area contributed by atoms with Crippen molar-refractivity contribution in [3.8, 4) is 5.88 Å². The molecule has 5 nitrogen and oxygen atoms in total. The number of aromatic nitrogens is 1. The van der Waals surface area contributed by atoms with Crippen molar-refractivity contribution >= 4 is 16.7 Å². The number of nitrogens with zero attached hydrogens (tertiary/aromatic N) is 2. The summed E-state index contributed by atoms with van der Waals surface area (Å²) in [5.74, 6) is 0.565. The Morgan fingerprint density at radius 2 is 2.22 bits per heavy atom. The number of aromatic hydroxyl groups is 1. The van der Waals surface area contributed by atoms with Crippen molar-refractivity contribution in [3.63, 3.8) is 0 Å². The standard InChI is InChI=1S/C13H12N2O3/c1-15-11(16)7-9-6-8(12-14-4-5-18-12)2-3-10(9)13(15)17/h2-3,6-7,17H,4-5H2,1H3. The lowest BCUT2D eigenvalue weighted by Gasteiger charge is -2.07. The summed E-state index contributed by atoms with van der Waals surface area (Å²) in [5.41, 5.74) is 0.582. The predicted molar refractivity (Wildman–Crippen MR) is 68.2 cm³/mol. The van der Waals surface area contributed by atoms with Crippen molar-refractivity contribution in [3.05, 3.63) is 40.2 Å². The molecule has 1 aromatic carbocycles. The lowest BCUT2D eigenvalue weighted by Crippen LogP contribution is -2.15. The van der Waals surface area contributed by atoms with E-state index in [9.17, 15) is 9.90 Å². The van der Waals surface area contributed by atoms with Gasteiger partial charge in [-0.2, -0.15) is 0 Å². The maximum absolute atomic E-state index is 11.6. The van der Waals surface area contributed by atoms with E-state index < -0.39 is 0 Å². The Kier molecular flexibility index (Phi) is 2.33. The van der Waals surface area contributed by atoms with E-state index in [4.69, 9.17) is 4.74 Å². The second kappa shape index (κ2) is 3.87. The lowest BCUT2D eigenvalue weighted by atomic mass is 10.1. The molecule has 0 spiro atoms. The van der Waals surface area contributed by atoms with Gasteiger partial charge < -0.3 is 9.84 Å². The van der Waals surface area contributed by atoms with Gasteiger partial charge in [-0.05, 0) is 23.6 Å². The molecule has 0 fully saturated rings. The maximum atomic E-state index is 11.6. The molecule has 0 radical (unpaired) electrons. The smallest absolute Gasteiger partial charge is 0.253 e. The Balaban J connectivity index is 2.24. The van der Waals surface area contributed by atoms with Crippen LogP contribution < -0.4 is 5.56 Å². The molecular weight excluding hydrogens is 232 g/mol. The highest BCUT2D eigenvalue weighted by atomic mass is 16.5. The van der Waals surface area contributed by atoms with Gasteiger partial charge in [0.15, 0.2) is 0 Å². The fourth-order valence-corrected chi connectivity index (χ4v) is 2.04. The third-order valence-corrected chi connectivity index (χ3v) is 3.05. The molecule has 1 aliphatic heterocycles. The maximum Gasteiger partial charge on any atom is 0.253 e. The van der Waals surface area contributed by atoms with Crippen LogP contribution in [-0.4, -0.2) is 28.7 Å². The zero-order chi connectivity index (χ0) is 12.7. The minimum absolute atomic E-state index is 0.0293. The summed E-state index contributed by atoms with van der Waals surface area (Å²) in [6.07, 6.45) is 0. The van der Waals surface area contributed by atoms with Crippen molar-refractivity contribution in [2.75, 3.05) is 13.2 Å². The van der Waals surface area contributed by atoms with Crippen LogP contribution in [0.15, 0.2) is 34.1 Å². The first-order valence-corrected chi connectivity index (χ1v) is 5.67. The summed E-state index contributed by atoms with van der Waals surface area (Å²) in [5, 5.41) is 11.2. The molecule has 0 aliphatic carbocycles. The average molecular weight is 244 g/mol. The highest BCUT2D eigenvalue weighted by molar-refractivity contribution is 5.99. The number of hydrogen-bond acceptors (Lipinski definition) is 4. The van der Waals surface area contributed by atoms with Crippen LogP contribution >= 0.6 is 0 Å². The van der Waals surface area contributed by atoms with Crippen molar-refractivity contribution in [2.24, 2.45) is 12.0 Å². The third kappa shape index (κ3) is 1.55. The average Bonchev–Trinajstić information content (AvgIpc) is 2.89. The van der Waals surface area contributed by atoms with Gasteiger partial charge >= 0.3 is 0 Å². The van der Waals surface area contributed by atoms with E-state index in [1.54, 1.807) is 12.1 Å².